The summed E-state index contributed by atoms with van der Waals surface area (Å²) in [5.74, 6) is 0.908. The summed E-state index contributed by atoms with van der Waals surface area (Å²) in [4.78, 5) is 4.31. The van der Waals surface area contributed by atoms with Gasteiger partial charge in [0.2, 0.25) is 0 Å². The Labute approximate surface area is 127 Å². The minimum atomic E-state index is 0.0264. The molecule has 1 aromatic carbocycles. The quantitative estimate of drug-likeness (QED) is 0.878. The third-order valence-corrected chi connectivity index (χ3v) is 4.68. The number of nitrogens with two attached hydrogens (primary N) is 1. The summed E-state index contributed by atoms with van der Waals surface area (Å²) >= 11 is 0. The zero-order valence-corrected chi connectivity index (χ0v) is 12.6. The van der Waals surface area contributed by atoms with E-state index in [4.69, 9.17) is 5.73 Å². The van der Waals surface area contributed by atoms with Gasteiger partial charge in [-0.3, -0.25) is 0 Å². The first-order valence-corrected chi connectivity index (χ1v) is 8.12. The van der Waals surface area contributed by atoms with Gasteiger partial charge in [-0.25, -0.2) is 4.98 Å². The predicted octanol–water partition coefficient (Wildman–Crippen LogP) is 3.71. The Morgan fingerprint density at radius 3 is 2.71 bits per heavy atom. The lowest BCUT2D eigenvalue weighted by Crippen LogP contribution is -2.18. The predicted molar refractivity (Wildman–Crippen MR) is 85.9 cm³/mol. The van der Waals surface area contributed by atoms with Crippen molar-refractivity contribution in [2.45, 2.75) is 51.1 Å². The molecule has 0 radical (unpaired) electrons. The van der Waals surface area contributed by atoms with Crippen LogP contribution in [-0.4, -0.2) is 9.55 Å². The highest BCUT2D eigenvalue weighted by molar-refractivity contribution is 5.18. The second-order valence-electron chi connectivity index (χ2n) is 6.25. The van der Waals surface area contributed by atoms with E-state index in [1.165, 1.54) is 37.7 Å². The van der Waals surface area contributed by atoms with Crippen molar-refractivity contribution in [3.05, 3.63) is 54.1 Å². The highest BCUT2D eigenvalue weighted by atomic mass is 15.1. The van der Waals surface area contributed by atoms with Crippen molar-refractivity contribution in [3.8, 4) is 0 Å². The number of aryl methyl sites for hydroxylation is 1. The van der Waals surface area contributed by atoms with E-state index in [9.17, 15) is 0 Å². The van der Waals surface area contributed by atoms with Crippen molar-refractivity contribution >= 4 is 0 Å². The number of aromatic nitrogens is 2. The number of hydrogen-bond donors (Lipinski definition) is 1. The molecule has 1 aliphatic rings. The fourth-order valence-electron chi connectivity index (χ4n) is 3.42. The fraction of sp³-hybridized carbons (Fsp3) is 0.500. The molecule has 21 heavy (non-hydrogen) atoms. The van der Waals surface area contributed by atoms with Gasteiger partial charge in [0.25, 0.3) is 0 Å². The van der Waals surface area contributed by atoms with Crippen molar-refractivity contribution in [2.24, 2.45) is 11.7 Å². The van der Waals surface area contributed by atoms with Crippen LogP contribution in [0, 0.1) is 5.92 Å². The molecule has 3 rings (SSSR count). The van der Waals surface area contributed by atoms with E-state index in [0.717, 1.165) is 24.6 Å². The number of nitrogens with zero attached hydrogens (tertiary/aromatic N) is 2. The zero-order valence-electron chi connectivity index (χ0n) is 12.6. The summed E-state index contributed by atoms with van der Waals surface area (Å²) in [5, 5.41) is 0. The van der Waals surface area contributed by atoms with Crippen molar-refractivity contribution < 1.29 is 0 Å². The van der Waals surface area contributed by atoms with E-state index >= 15 is 0 Å². The third kappa shape index (κ3) is 3.73. The molecule has 3 nitrogen and oxygen atoms in total. The second-order valence-corrected chi connectivity index (χ2v) is 6.25. The van der Waals surface area contributed by atoms with Crippen LogP contribution in [0.15, 0.2) is 42.9 Å². The van der Waals surface area contributed by atoms with Crippen molar-refractivity contribution in [3.63, 3.8) is 0 Å². The molecule has 0 bridgehead atoms. The molecule has 1 atom stereocenters. The maximum Gasteiger partial charge on any atom is 0.0948 e. The lowest BCUT2D eigenvalue weighted by Gasteiger charge is -2.16. The van der Waals surface area contributed by atoms with E-state index in [0.29, 0.717) is 0 Å². The van der Waals surface area contributed by atoms with Gasteiger partial charge in [0.15, 0.2) is 0 Å². The molecule has 2 aromatic rings. The average molecular weight is 283 g/mol. The monoisotopic (exact) mass is 283 g/mol. The first kappa shape index (κ1) is 14.3. The van der Waals surface area contributed by atoms with Crippen LogP contribution in [0.4, 0.5) is 0 Å². The first-order valence-electron chi connectivity index (χ1n) is 8.12. The highest BCUT2D eigenvalue weighted by Crippen LogP contribution is 2.28. The molecule has 0 aliphatic heterocycles. The lowest BCUT2D eigenvalue weighted by molar-refractivity contribution is 0.447. The van der Waals surface area contributed by atoms with E-state index < -0.39 is 0 Å². The van der Waals surface area contributed by atoms with Crippen LogP contribution < -0.4 is 5.73 Å². The molecule has 2 N–H and O–H groups in total. The van der Waals surface area contributed by atoms with Gasteiger partial charge in [0.05, 0.1) is 18.1 Å². The van der Waals surface area contributed by atoms with Crippen LogP contribution in [0.1, 0.15) is 49.4 Å². The maximum absolute atomic E-state index is 6.40. The van der Waals surface area contributed by atoms with Crippen LogP contribution in [0.2, 0.25) is 0 Å². The maximum atomic E-state index is 6.40. The number of imidazole rings is 1. The Hall–Kier alpha value is -1.61. The Morgan fingerprint density at radius 1 is 1.19 bits per heavy atom. The topological polar surface area (TPSA) is 43.8 Å². The molecule has 112 valence electrons. The Balaban J connectivity index is 1.61. The van der Waals surface area contributed by atoms with Crippen molar-refractivity contribution in [1.82, 2.24) is 9.55 Å². The Bertz CT molecular complexity index is 541. The van der Waals surface area contributed by atoms with Gasteiger partial charge in [-0.1, -0.05) is 56.0 Å². The zero-order chi connectivity index (χ0) is 14.5. The van der Waals surface area contributed by atoms with Gasteiger partial charge in [-0.15, -0.1) is 0 Å². The van der Waals surface area contributed by atoms with Crippen LogP contribution in [0.25, 0.3) is 0 Å². The summed E-state index contributed by atoms with van der Waals surface area (Å²) in [5.41, 5.74) is 8.84. The van der Waals surface area contributed by atoms with E-state index in [-0.39, 0.29) is 6.04 Å². The van der Waals surface area contributed by atoms with Crippen LogP contribution in [-0.2, 0) is 13.0 Å². The summed E-state index contributed by atoms with van der Waals surface area (Å²) < 4.78 is 2.26. The van der Waals surface area contributed by atoms with E-state index in [2.05, 4.69) is 33.8 Å². The summed E-state index contributed by atoms with van der Waals surface area (Å²) in [7, 11) is 0. The fourth-order valence-corrected chi connectivity index (χ4v) is 3.42. The molecular formula is C18H25N3. The summed E-state index contributed by atoms with van der Waals surface area (Å²) in [6.45, 7) is 1.06. The van der Waals surface area contributed by atoms with Crippen molar-refractivity contribution in [2.75, 3.05) is 0 Å². The van der Waals surface area contributed by atoms with Crippen molar-refractivity contribution in [1.29, 1.82) is 0 Å². The molecule has 0 saturated heterocycles. The molecule has 1 fully saturated rings. The molecule has 3 heteroatoms. The van der Waals surface area contributed by atoms with Crippen LogP contribution in [0.5, 0.6) is 0 Å². The van der Waals surface area contributed by atoms with Crippen LogP contribution >= 0.6 is 0 Å². The van der Waals surface area contributed by atoms with Gasteiger partial charge in [0.1, 0.15) is 0 Å². The molecule has 0 unspecified atom stereocenters. The molecule has 1 aromatic heterocycles. The minimum Gasteiger partial charge on any atom is -0.333 e. The molecular weight excluding hydrogens is 258 g/mol. The van der Waals surface area contributed by atoms with Gasteiger partial charge in [0, 0.05) is 12.7 Å². The standard InChI is InChI=1S/C18H25N3/c19-17(12-16-8-2-1-3-9-16)18-13-20-14-21(18)11-10-15-6-4-5-7-15/h1-3,8-9,13-15,17H,4-7,10-12,19H2/t17-/m1/s1. The molecule has 0 spiro atoms. The molecule has 0 amide bonds. The highest BCUT2D eigenvalue weighted by Gasteiger charge is 2.17. The lowest BCUT2D eigenvalue weighted by atomic mass is 10.0. The normalized spacial score (nSPS) is 17.2. The largest absolute Gasteiger partial charge is 0.333 e. The van der Waals surface area contributed by atoms with Gasteiger partial charge in [-0.2, -0.15) is 0 Å². The Kier molecular flexibility index (Phi) is 4.71. The molecule has 1 heterocycles. The molecule has 1 saturated carbocycles. The number of rotatable bonds is 6. The SMILES string of the molecule is N[C@H](Cc1ccccc1)c1cncn1CCC1CCCC1. The van der Waals surface area contributed by atoms with Gasteiger partial charge < -0.3 is 10.3 Å². The first-order chi connectivity index (χ1) is 10.3. The van der Waals surface area contributed by atoms with Gasteiger partial charge in [-0.05, 0) is 24.3 Å². The average Bonchev–Trinajstić information content (AvgIpc) is 3.17. The smallest absolute Gasteiger partial charge is 0.0948 e. The van der Waals surface area contributed by atoms with Gasteiger partial charge >= 0.3 is 0 Å². The second kappa shape index (κ2) is 6.90. The number of hydrogen-bond acceptors (Lipinski definition) is 2. The number of benzene rings is 1. The summed E-state index contributed by atoms with van der Waals surface area (Å²) in [6.07, 6.45) is 11.6. The van der Waals surface area contributed by atoms with Crippen LogP contribution in [0.3, 0.4) is 0 Å². The minimum absolute atomic E-state index is 0.0264. The van der Waals surface area contributed by atoms with E-state index in [1.807, 2.05) is 18.6 Å². The third-order valence-electron chi connectivity index (χ3n) is 4.68. The van der Waals surface area contributed by atoms with E-state index in [1.54, 1.807) is 0 Å². The Morgan fingerprint density at radius 2 is 1.95 bits per heavy atom. The summed E-state index contributed by atoms with van der Waals surface area (Å²) in [6, 6.07) is 10.5. The molecule has 1 aliphatic carbocycles.